The molecule has 9 atom stereocenters. The molecule has 406 valence electrons. The summed E-state index contributed by atoms with van der Waals surface area (Å²) in [5, 5.41) is 37.5. The lowest BCUT2D eigenvalue weighted by molar-refractivity contribution is -0.147. The van der Waals surface area contributed by atoms with Gasteiger partial charge in [0.2, 0.25) is 53.2 Å². The van der Waals surface area contributed by atoms with E-state index in [1.54, 1.807) is 20.8 Å². The zero-order chi connectivity index (χ0) is 54.0. The first kappa shape index (κ1) is 62.2. The summed E-state index contributed by atoms with van der Waals surface area (Å²) in [5.41, 5.74) is 7.94. The number of primary amides is 1. The number of carbonyl (C=O) groups excluding carboxylic acids is 9. The minimum absolute atomic E-state index is 0.0250. The lowest BCUT2D eigenvalue weighted by Gasteiger charge is -2.34. The van der Waals surface area contributed by atoms with Gasteiger partial charge in [0.15, 0.2) is 0 Å². The van der Waals surface area contributed by atoms with Gasteiger partial charge >= 0.3 is 0 Å². The lowest BCUT2D eigenvalue weighted by Crippen LogP contribution is -2.65. The molecule has 71 heavy (non-hydrogen) atoms. The van der Waals surface area contributed by atoms with E-state index in [0.717, 1.165) is 38.5 Å². The third kappa shape index (κ3) is 19.6. The van der Waals surface area contributed by atoms with E-state index in [1.165, 1.54) is 37.5 Å². The number of hydrogen-bond acceptors (Lipinski definition) is 12. The van der Waals surface area contributed by atoms with E-state index in [4.69, 9.17) is 11.5 Å². The van der Waals surface area contributed by atoms with Crippen molar-refractivity contribution in [2.24, 2.45) is 29.2 Å². The Labute approximate surface area is 421 Å². The van der Waals surface area contributed by atoms with Crippen molar-refractivity contribution in [3.05, 3.63) is 0 Å². The molecular weight excluding hydrogens is 917 g/mol. The molecule has 9 amide bonds. The third-order valence-electron chi connectivity index (χ3n) is 13.5. The summed E-state index contributed by atoms with van der Waals surface area (Å²) >= 11 is 0. The SMILES string of the molecule is CCCCCCCCCC(=O)N1CC(O)CC1C(=O)N1CC(O)CC1C(=O)NC(C(=O)NC(C)(C)C(=O)NC(CCC(N)=O)C(=O)NC(C)(C)C(=O)NC(C(=O)NC(CN)CC(C)C)C(C)CC)C(C)C. The van der Waals surface area contributed by atoms with E-state index < -0.39 is 107 Å². The van der Waals surface area contributed by atoms with Crippen LogP contribution in [0, 0.1) is 17.8 Å². The number of nitrogens with two attached hydrogens (primary N) is 2. The highest BCUT2D eigenvalue weighted by Gasteiger charge is 2.47. The summed E-state index contributed by atoms with van der Waals surface area (Å²) in [6, 6.07) is -6.23. The minimum Gasteiger partial charge on any atom is -0.391 e. The molecule has 0 saturated carbocycles. The van der Waals surface area contributed by atoms with Gasteiger partial charge in [-0.05, 0) is 64.7 Å². The maximum absolute atomic E-state index is 14.1. The Morgan fingerprint density at radius 3 is 1.72 bits per heavy atom. The first-order chi connectivity index (χ1) is 33.1. The third-order valence-corrected chi connectivity index (χ3v) is 13.5. The van der Waals surface area contributed by atoms with Gasteiger partial charge in [-0.1, -0.05) is 93.4 Å². The van der Waals surface area contributed by atoms with Gasteiger partial charge in [0.25, 0.3) is 0 Å². The average molecular weight is 1010 g/mol. The van der Waals surface area contributed by atoms with E-state index in [-0.39, 0.29) is 75.5 Å². The fraction of sp³-hybridized carbons (Fsp3) is 0.820. The molecule has 0 aromatic heterocycles. The summed E-state index contributed by atoms with van der Waals surface area (Å²) < 4.78 is 0. The Balaban J connectivity index is 2.20. The number of amides is 9. The minimum atomic E-state index is -1.75. The van der Waals surface area contributed by atoms with E-state index in [1.807, 2.05) is 20.8 Å². The van der Waals surface area contributed by atoms with Gasteiger partial charge in [0.1, 0.15) is 41.3 Å². The van der Waals surface area contributed by atoms with Crippen molar-refractivity contribution in [2.45, 2.75) is 226 Å². The van der Waals surface area contributed by atoms with Gasteiger partial charge in [-0.2, -0.15) is 0 Å². The Hall–Kier alpha value is -4.89. The molecule has 2 fully saturated rings. The molecular formula is C50H90N10O11. The first-order valence-corrected chi connectivity index (χ1v) is 25.9. The van der Waals surface area contributed by atoms with Crippen LogP contribution < -0.4 is 43.4 Å². The number of carbonyl (C=O) groups is 9. The monoisotopic (exact) mass is 1010 g/mol. The number of aliphatic hydroxyl groups excluding tert-OH is 2. The Bertz CT molecular complexity index is 1830. The lowest BCUT2D eigenvalue weighted by atomic mass is 9.95. The van der Waals surface area contributed by atoms with Crippen LogP contribution in [0.2, 0.25) is 0 Å². The molecule has 0 aromatic rings. The van der Waals surface area contributed by atoms with Gasteiger partial charge in [0.05, 0.1) is 12.2 Å². The van der Waals surface area contributed by atoms with Crippen LogP contribution in [0.3, 0.4) is 0 Å². The van der Waals surface area contributed by atoms with Crippen molar-refractivity contribution in [1.82, 2.24) is 41.7 Å². The zero-order valence-electron chi connectivity index (χ0n) is 44.5. The molecule has 0 radical (unpaired) electrons. The van der Waals surface area contributed by atoms with Crippen molar-refractivity contribution in [3.63, 3.8) is 0 Å². The topological polar surface area (TPSA) is 325 Å². The summed E-state index contributed by atoms with van der Waals surface area (Å²) in [4.78, 5) is 125. The van der Waals surface area contributed by atoms with Crippen LogP contribution in [-0.4, -0.2) is 152 Å². The van der Waals surface area contributed by atoms with Crippen molar-refractivity contribution in [1.29, 1.82) is 0 Å². The number of likely N-dealkylation sites (tertiary alicyclic amines) is 2. The second kappa shape index (κ2) is 29.0. The summed E-state index contributed by atoms with van der Waals surface area (Å²) in [6.45, 7) is 18.7. The predicted octanol–water partition coefficient (Wildman–Crippen LogP) is 0.752. The molecule has 21 nitrogen and oxygen atoms in total. The van der Waals surface area contributed by atoms with E-state index in [2.05, 4.69) is 38.8 Å². The molecule has 2 aliphatic rings. The number of β-amino-alcohol motifs (C(OH)–C–C–N with tert-alkyl or cyclic N) is 2. The van der Waals surface area contributed by atoms with Gasteiger partial charge in [-0.15, -0.1) is 0 Å². The smallest absolute Gasteiger partial charge is 0.246 e. The van der Waals surface area contributed by atoms with Gasteiger partial charge in [0, 0.05) is 51.4 Å². The molecule has 2 rings (SSSR count). The molecule has 0 aromatic carbocycles. The number of nitrogens with zero attached hydrogens (tertiary/aromatic N) is 2. The van der Waals surface area contributed by atoms with Crippen molar-refractivity contribution < 1.29 is 53.4 Å². The highest BCUT2D eigenvalue weighted by atomic mass is 16.3. The van der Waals surface area contributed by atoms with Crippen molar-refractivity contribution in [3.8, 4) is 0 Å². The molecule has 21 heteroatoms. The standard InChI is InChI=1S/C50H90N10O11/c1-12-14-15-16-17-18-19-20-39(64)59-27-34(62)25-37(59)46(69)60-28-33(61)24-36(60)43(66)55-40(30(5)6)45(68)58-49(8,9)47(70)54-35(21-22-38(52)63)42(65)57-50(10,11)48(71)56-41(31(7)13-2)44(67)53-32(26-51)23-29(3)4/h29-37,40-41,61-62H,12-28,51H2,1-11H3,(H2,52,63)(H,53,67)(H,54,70)(H,55,66)(H,56,71)(H,57,65)(H,58,68). The van der Waals surface area contributed by atoms with Crippen LogP contribution in [0.15, 0.2) is 0 Å². The average Bonchev–Trinajstić information content (AvgIpc) is 3.88. The van der Waals surface area contributed by atoms with Gasteiger partial charge < -0.3 is 63.4 Å². The number of aliphatic hydroxyl groups is 2. The second-order valence-corrected chi connectivity index (χ2v) is 21.6. The van der Waals surface area contributed by atoms with Crippen LogP contribution in [-0.2, 0) is 43.2 Å². The molecule has 12 N–H and O–H groups in total. The van der Waals surface area contributed by atoms with Crippen LogP contribution >= 0.6 is 0 Å². The second-order valence-electron chi connectivity index (χ2n) is 21.6. The maximum atomic E-state index is 14.1. The molecule has 0 spiro atoms. The Morgan fingerprint density at radius 2 is 1.18 bits per heavy atom. The zero-order valence-corrected chi connectivity index (χ0v) is 44.5. The largest absolute Gasteiger partial charge is 0.391 e. The Kier molecular flexibility index (Phi) is 25.4. The number of unbranched alkanes of at least 4 members (excludes halogenated alkanes) is 6. The van der Waals surface area contributed by atoms with Crippen LogP contribution in [0.4, 0.5) is 0 Å². The highest BCUT2D eigenvalue weighted by Crippen LogP contribution is 2.27. The summed E-state index contributed by atoms with van der Waals surface area (Å²) in [6.07, 6.45) is 5.61. The number of nitrogens with one attached hydrogen (secondary N) is 6. The molecule has 9 unspecified atom stereocenters. The number of hydrogen-bond donors (Lipinski definition) is 10. The summed E-state index contributed by atoms with van der Waals surface area (Å²) in [7, 11) is 0. The normalized spacial score (nSPS) is 20.4. The van der Waals surface area contributed by atoms with Gasteiger partial charge in [-0.25, -0.2) is 0 Å². The van der Waals surface area contributed by atoms with Crippen LogP contribution in [0.25, 0.3) is 0 Å². The Morgan fingerprint density at radius 1 is 0.648 bits per heavy atom. The maximum Gasteiger partial charge on any atom is 0.246 e. The summed E-state index contributed by atoms with van der Waals surface area (Å²) in [5.74, 6) is -6.62. The molecule has 2 saturated heterocycles. The highest BCUT2D eigenvalue weighted by molar-refractivity contribution is 5.99. The van der Waals surface area contributed by atoms with E-state index in [0.29, 0.717) is 19.3 Å². The fourth-order valence-electron chi connectivity index (χ4n) is 8.87. The quantitative estimate of drug-likeness (QED) is 0.0446. The first-order valence-electron chi connectivity index (χ1n) is 25.9. The fourth-order valence-corrected chi connectivity index (χ4v) is 8.87. The van der Waals surface area contributed by atoms with Crippen LogP contribution in [0.1, 0.15) is 166 Å². The van der Waals surface area contributed by atoms with E-state index in [9.17, 15) is 53.4 Å². The molecule has 0 aliphatic carbocycles. The van der Waals surface area contributed by atoms with Crippen LogP contribution in [0.5, 0.6) is 0 Å². The van der Waals surface area contributed by atoms with Crippen molar-refractivity contribution in [2.75, 3.05) is 19.6 Å². The van der Waals surface area contributed by atoms with Crippen molar-refractivity contribution >= 4 is 53.2 Å². The molecule has 0 bridgehead atoms. The molecule has 2 aliphatic heterocycles. The number of rotatable bonds is 30. The predicted molar refractivity (Wildman–Crippen MR) is 268 cm³/mol. The molecule has 2 heterocycles. The van der Waals surface area contributed by atoms with Gasteiger partial charge in [-0.3, -0.25) is 43.2 Å². The van der Waals surface area contributed by atoms with E-state index >= 15 is 0 Å².